The monoisotopic (exact) mass is 231 g/mol. The number of para-hydroxylation sites is 1. The second kappa shape index (κ2) is 8.53. The molecule has 0 aliphatic carbocycles. The van der Waals surface area contributed by atoms with Crippen LogP contribution < -0.4 is 10.5 Å². The molecule has 0 radical (unpaired) electrons. The maximum atomic E-state index is 8.69. The lowest BCUT2D eigenvalue weighted by atomic mass is 10.2. The van der Waals surface area contributed by atoms with Crippen LogP contribution in [0.1, 0.15) is 12.8 Å². The minimum Gasteiger partial charge on any atom is -0.494 e. The number of hydrogen-bond acceptors (Lipinski definition) is 3. The summed E-state index contributed by atoms with van der Waals surface area (Å²) in [5.41, 5.74) is 5.55. The third-order valence-electron chi connectivity index (χ3n) is 1.97. The van der Waals surface area contributed by atoms with Crippen molar-refractivity contribution in [1.82, 2.24) is 0 Å². The van der Waals surface area contributed by atoms with Gasteiger partial charge in [-0.1, -0.05) is 18.2 Å². The topological polar surface area (TPSA) is 55.5 Å². The summed E-state index contributed by atoms with van der Waals surface area (Å²) in [5.74, 6) is 0.880. The highest BCUT2D eigenvalue weighted by Gasteiger charge is 1.99. The van der Waals surface area contributed by atoms with E-state index in [1.807, 2.05) is 30.3 Å². The first kappa shape index (κ1) is 14.2. The van der Waals surface area contributed by atoms with E-state index in [-0.39, 0.29) is 25.1 Å². The zero-order valence-electron chi connectivity index (χ0n) is 8.63. The molecule has 3 nitrogen and oxygen atoms in total. The molecule has 4 heteroatoms. The highest BCUT2D eigenvalue weighted by atomic mass is 35.5. The smallest absolute Gasteiger partial charge is 0.119 e. The van der Waals surface area contributed by atoms with E-state index in [4.69, 9.17) is 15.6 Å². The lowest BCUT2D eigenvalue weighted by Crippen LogP contribution is -2.24. The Hall–Kier alpha value is -0.770. The van der Waals surface area contributed by atoms with Crippen LogP contribution in [0.5, 0.6) is 5.75 Å². The molecule has 0 aromatic heterocycles. The van der Waals surface area contributed by atoms with E-state index in [0.717, 1.165) is 18.6 Å². The van der Waals surface area contributed by atoms with Crippen LogP contribution in [-0.4, -0.2) is 24.4 Å². The van der Waals surface area contributed by atoms with Crippen LogP contribution in [0.3, 0.4) is 0 Å². The van der Waals surface area contributed by atoms with Gasteiger partial charge in [-0.3, -0.25) is 0 Å². The van der Waals surface area contributed by atoms with Gasteiger partial charge in [0.1, 0.15) is 5.75 Å². The van der Waals surface area contributed by atoms with Crippen molar-refractivity contribution < 1.29 is 9.84 Å². The average molecular weight is 232 g/mol. The van der Waals surface area contributed by atoms with Gasteiger partial charge in [0, 0.05) is 6.04 Å². The lowest BCUT2D eigenvalue weighted by molar-refractivity contribution is 0.244. The Morgan fingerprint density at radius 1 is 1.27 bits per heavy atom. The van der Waals surface area contributed by atoms with E-state index in [2.05, 4.69) is 0 Å². The molecule has 15 heavy (non-hydrogen) atoms. The predicted octanol–water partition coefficient (Wildman–Crippen LogP) is 1.59. The van der Waals surface area contributed by atoms with E-state index in [1.54, 1.807) is 0 Å². The predicted molar refractivity (Wildman–Crippen MR) is 63.5 cm³/mol. The molecule has 0 spiro atoms. The number of ether oxygens (including phenoxy) is 1. The average Bonchev–Trinajstić information content (AvgIpc) is 2.25. The van der Waals surface area contributed by atoms with Gasteiger partial charge in [-0.2, -0.15) is 0 Å². The summed E-state index contributed by atoms with van der Waals surface area (Å²) < 4.78 is 5.46. The van der Waals surface area contributed by atoms with Crippen LogP contribution in [0.25, 0.3) is 0 Å². The Morgan fingerprint density at radius 2 is 1.93 bits per heavy atom. The second-order valence-corrected chi connectivity index (χ2v) is 3.25. The molecule has 1 atom stereocenters. The first-order valence-electron chi connectivity index (χ1n) is 4.87. The van der Waals surface area contributed by atoms with Gasteiger partial charge in [-0.25, -0.2) is 0 Å². The number of rotatable bonds is 6. The van der Waals surface area contributed by atoms with Crippen molar-refractivity contribution in [3.8, 4) is 5.75 Å². The molecule has 0 saturated carbocycles. The third-order valence-corrected chi connectivity index (χ3v) is 1.97. The van der Waals surface area contributed by atoms with Gasteiger partial charge in [-0.15, -0.1) is 12.4 Å². The van der Waals surface area contributed by atoms with E-state index in [9.17, 15) is 0 Å². The van der Waals surface area contributed by atoms with Crippen molar-refractivity contribution in [3.63, 3.8) is 0 Å². The fraction of sp³-hybridized carbons (Fsp3) is 0.455. The summed E-state index contributed by atoms with van der Waals surface area (Å²) in [4.78, 5) is 0. The maximum absolute atomic E-state index is 8.69. The van der Waals surface area contributed by atoms with E-state index in [1.165, 1.54) is 0 Å². The van der Waals surface area contributed by atoms with E-state index >= 15 is 0 Å². The van der Waals surface area contributed by atoms with Crippen LogP contribution >= 0.6 is 12.4 Å². The summed E-state index contributed by atoms with van der Waals surface area (Å²) >= 11 is 0. The molecule has 0 aliphatic heterocycles. The van der Waals surface area contributed by atoms with Crippen LogP contribution in [0, 0.1) is 0 Å². The Balaban J connectivity index is 0.00000196. The number of aliphatic hydroxyl groups is 1. The van der Waals surface area contributed by atoms with Crippen molar-refractivity contribution in [2.75, 3.05) is 13.2 Å². The van der Waals surface area contributed by atoms with Gasteiger partial charge in [0.05, 0.1) is 13.2 Å². The molecular weight excluding hydrogens is 214 g/mol. The molecule has 0 saturated heterocycles. The van der Waals surface area contributed by atoms with Gasteiger partial charge < -0.3 is 15.6 Å². The summed E-state index contributed by atoms with van der Waals surface area (Å²) in [6.45, 7) is 0.697. The standard InChI is InChI=1S/C11H17NO2.ClH/c12-10(9-13)5-4-8-14-11-6-2-1-3-7-11;/h1-3,6-7,10,13H,4-5,8-9,12H2;1H/t10-;/m1./s1. The molecule has 3 N–H and O–H groups in total. The minimum absolute atomic E-state index is 0. The molecule has 0 aliphatic rings. The number of aliphatic hydroxyl groups excluding tert-OH is 1. The van der Waals surface area contributed by atoms with Crippen LogP contribution in [-0.2, 0) is 0 Å². The van der Waals surface area contributed by atoms with E-state index < -0.39 is 0 Å². The highest BCUT2D eigenvalue weighted by molar-refractivity contribution is 5.85. The number of halogens is 1. The number of benzene rings is 1. The second-order valence-electron chi connectivity index (χ2n) is 3.25. The van der Waals surface area contributed by atoms with Gasteiger partial charge in [-0.05, 0) is 25.0 Å². The summed E-state index contributed by atoms with van der Waals surface area (Å²) in [7, 11) is 0. The molecule has 0 unspecified atom stereocenters. The quantitative estimate of drug-likeness (QED) is 0.731. The van der Waals surface area contributed by atoms with Crippen LogP contribution in [0.15, 0.2) is 30.3 Å². The Bertz CT molecular complexity index is 244. The first-order valence-corrected chi connectivity index (χ1v) is 4.87. The molecule has 1 rings (SSSR count). The summed E-state index contributed by atoms with van der Waals surface area (Å²) in [6, 6.07) is 9.56. The molecule has 0 amide bonds. The van der Waals surface area contributed by atoms with E-state index in [0.29, 0.717) is 6.61 Å². The van der Waals surface area contributed by atoms with Gasteiger partial charge in [0.2, 0.25) is 0 Å². The normalized spacial score (nSPS) is 11.6. The van der Waals surface area contributed by atoms with Crippen LogP contribution in [0.4, 0.5) is 0 Å². The largest absolute Gasteiger partial charge is 0.494 e. The van der Waals surface area contributed by atoms with Gasteiger partial charge >= 0.3 is 0 Å². The highest BCUT2D eigenvalue weighted by Crippen LogP contribution is 2.08. The van der Waals surface area contributed by atoms with Crippen molar-refractivity contribution in [1.29, 1.82) is 0 Å². The zero-order valence-corrected chi connectivity index (χ0v) is 9.45. The fourth-order valence-corrected chi connectivity index (χ4v) is 1.14. The SMILES string of the molecule is Cl.N[C@@H](CO)CCCOc1ccccc1. The number of nitrogens with two attached hydrogens (primary N) is 1. The molecule has 0 bridgehead atoms. The van der Waals surface area contributed by atoms with Crippen molar-refractivity contribution in [2.45, 2.75) is 18.9 Å². The Kier molecular flexibility index (Phi) is 8.09. The summed E-state index contributed by atoms with van der Waals surface area (Å²) in [5, 5.41) is 8.69. The maximum Gasteiger partial charge on any atom is 0.119 e. The minimum atomic E-state index is -0.116. The molecule has 86 valence electrons. The third kappa shape index (κ3) is 6.33. The molecule has 1 aromatic rings. The van der Waals surface area contributed by atoms with Crippen molar-refractivity contribution in [3.05, 3.63) is 30.3 Å². The van der Waals surface area contributed by atoms with Gasteiger partial charge in [0.15, 0.2) is 0 Å². The molecular formula is C11H18ClNO2. The summed E-state index contributed by atoms with van der Waals surface area (Å²) in [6.07, 6.45) is 1.67. The first-order chi connectivity index (χ1) is 6.83. The Labute approximate surface area is 96.7 Å². The van der Waals surface area contributed by atoms with Crippen LogP contribution in [0.2, 0.25) is 0 Å². The Morgan fingerprint density at radius 3 is 2.53 bits per heavy atom. The lowest BCUT2D eigenvalue weighted by Gasteiger charge is -2.08. The zero-order chi connectivity index (χ0) is 10.2. The van der Waals surface area contributed by atoms with Crippen molar-refractivity contribution >= 4 is 12.4 Å². The molecule has 0 fully saturated rings. The molecule has 0 heterocycles. The molecule has 1 aromatic carbocycles. The number of hydrogen-bond donors (Lipinski definition) is 2. The van der Waals surface area contributed by atoms with Crippen molar-refractivity contribution in [2.24, 2.45) is 5.73 Å². The van der Waals surface area contributed by atoms with Gasteiger partial charge in [0.25, 0.3) is 0 Å². The fourth-order valence-electron chi connectivity index (χ4n) is 1.14.